The number of methoxy groups -OCH3 is 1. The number of nitrogens with one attached hydrogen (secondary N) is 2. The zero-order chi connectivity index (χ0) is 17.6. The Morgan fingerprint density at radius 1 is 1.08 bits per heavy atom. The molecular formula is C18H17N3O4. The molecule has 0 radical (unpaired) electrons. The van der Waals surface area contributed by atoms with Crippen LogP contribution < -0.4 is 20.3 Å². The Hall–Kier alpha value is -3.35. The number of hydrogen-bond acceptors (Lipinski definition) is 5. The average molecular weight is 339 g/mol. The summed E-state index contributed by atoms with van der Waals surface area (Å²) in [7, 11) is 1.57. The van der Waals surface area contributed by atoms with E-state index in [1.165, 1.54) is 0 Å². The first kappa shape index (κ1) is 16.5. The van der Waals surface area contributed by atoms with Crippen molar-refractivity contribution in [3.05, 3.63) is 64.6 Å². The Labute approximate surface area is 143 Å². The molecule has 0 unspecified atom stereocenters. The maximum absolute atomic E-state index is 12.3. The fourth-order valence-corrected chi connectivity index (χ4v) is 2.44. The highest BCUT2D eigenvalue weighted by Crippen LogP contribution is 2.25. The number of hydrogen-bond donors (Lipinski definition) is 2. The summed E-state index contributed by atoms with van der Waals surface area (Å²) in [6.45, 7) is 0.555. The van der Waals surface area contributed by atoms with Gasteiger partial charge in [0.05, 0.1) is 19.0 Å². The molecule has 0 saturated heterocycles. The van der Waals surface area contributed by atoms with Crippen molar-refractivity contribution < 1.29 is 14.3 Å². The molecule has 128 valence electrons. The van der Waals surface area contributed by atoms with E-state index in [0.717, 1.165) is 0 Å². The van der Waals surface area contributed by atoms with Gasteiger partial charge >= 0.3 is 0 Å². The monoisotopic (exact) mass is 339 g/mol. The van der Waals surface area contributed by atoms with Crippen LogP contribution in [0.2, 0.25) is 0 Å². The van der Waals surface area contributed by atoms with Gasteiger partial charge in [-0.05, 0) is 18.2 Å². The van der Waals surface area contributed by atoms with E-state index in [2.05, 4.69) is 15.5 Å². The molecule has 1 heterocycles. The first-order valence-corrected chi connectivity index (χ1v) is 7.72. The second-order valence-corrected chi connectivity index (χ2v) is 5.20. The number of nitrogens with zero attached hydrogens (tertiary/aromatic N) is 1. The molecule has 2 N–H and O–H groups in total. The van der Waals surface area contributed by atoms with Crippen LogP contribution in [0.25, 0.3) is 10.8 Å². The number of H-pyrrole nitrogens is 1. The molecule has 2 aromatic carbocycles. The van der Waals surface area contributed by atoms with Gasteiger partial charge in [0.25, 0.3) is 11.5 Å². The number of para-hydroxylation sites is 2. The van der Waals surface area contributed by atoms with Crippen molar-refractivity contribution in [3.8, 4) is 11.5 Å². The molecule has 0 spiro atoms. The van der Waals surface area contributed by atoms with Gasteiger partial charge in [0.2, 0.25) is 0 Å². The first-order chi connectivity index (χ1) is 12.2. The number of fused-ring (bicyclic) bond motifs is 1. The summed E-state index contributed by atoms with van der Waals surface area (Å²) in [5.41, 5.74) is -0.154. The molecular weight excluding hydrogens is 322 g/mol. The minimum atomic E-state index is -0.379. The third-order valence-electron chi connectivity index (χ3n) is 3.63. The molecule has 1 aromatic heterocycles. The number of carbonyl (C=O) groups excluding carboxylic acids is 1. The van der Waals surface area contributed by atoms with Gasteiger partial charge in [-0.25, -0.2) is 5.10 Å². The number of aromatic nitrogens is 2. The highest BCUT2D eigenvalue weighted by molar-refractivity contribution is 6.04. The van der Waals surface area contributed by atoms with Crippen LogP contribution in [0.15, 0.2) is 53.3 Å². The SMILES string of the molecule is COc1ccccc1OCCNC(=O)c1n[nH]c(=O)c2ccccc12. The zero-order valence-corrected chi connectivity index (χ0v) is 13.6. The standard InChI is InChI=1S/C18H17N3O4/c1-24-14-8-4-5-9-15(14)25-11-10-19-18(23)16-12-6-2-3-7-13(12)17(22)21-20-16/h2-9H,10-11H2,1H3,(H,19,23)(H,21,22). The second-order valence-electron chi connectivity index (χ2n) is 5.20. The summed E-state index contributed by atoms with van der Waals surface area (Å²) in [5.74, 6) is 0.852. The molecule has 0 fully saturated rings. The van der Waals surface area contributed by atoms with E-state index in [-0.39, 0.29) is 30.3 Å². The predicted octanol–water partition coefficient (Wildman–Crippen LogP) is 1.74. The summed E-state index contributed by atoms with van der Waals surface area (Å²) in [5, 5.41) is 9.86. The van der Waals surface area contributed by atoms with Crippen molar-refractivity contribution in [3.63, 3.8) is 0 Å². The molecule has 1 amide bonds. The lowest BCUT2D eigenvalue weighted by atomic mass is 10.1. The predicted molar refractivity (Wildman–Crippen MR) is 93.2 cm³/mol. The van der Waals surface area contributed by atoms with E-state index in [0.29, 0.717) is 22.3 Å². The molecule has 0 bridgehead atoms. The van der Waals surface area contributed by atoms with Crippen LogP contribution in [0.1, 0.15) is 10.5 Å². The first-order valence-electron chi connectivity index (χ1n) is 7.72. The molecule has 7 heteroatoms. The molecule has 0 aliphatic rings. The molecule has 0 saturated carbocycles. The Balaban J connectivity index is 1.64. The quantitative estimate of drug-likeness (QED) is 0.667. The lowest BCUT2D eigenvalue weighted by Gasteiger charge is -2.11. The Morgan fingerprint density at radius 2 is 1.76 bits per heavy atom. The van der Waals surface area contributed by atoms with Crippen LogP contribution >= 0.6 is 0 Å². The van der Waals surface area contributed by atoms with Crippen molar-refractivity contribution in [2.24, 2.45) is 0 Å². The van der Waals surface area contributed by atoms with Crippen molar-refractivity contribution in [2.45, 2.75) is 0 Å². The van der Waals surface area contributed by atoms with E-state index in [4.69, 9.17) is 9.47 Å². The fourth-order valence-electron chi connectivity index (χ4n) is 2.44. The Bertz CT molecular complexity index is 952. The molecule has 3 rings (SSSR count). The van der Waals surface area contributed by atoms with Crippen LogP contribution in [0.4, 0.5) is 0 Å². The summed E-state index contributed by atoms with van der Waals surface area (Å²) < 4.78 is 10.8. The number of ether oxygens (including phenoxy) is 2. The van der Waals surface area contributed by atoms with Gasteiger partial charge in [-0.1, -0.05) is 30.3 Å². The number of aromatic amines is 1. The van der Waals surface area contributed by atoms with Crippen LogP contribution in [-0.4, -0.2) is 36.4 Å². The van der Waals surface area contributed by atoms with E-state index in [1.807, 2.05) is 12.1 Å². The third-order valence-corrected chi connectivity index (χ3v) is 3.63. The van der Waals surface area contributed by atoms with Gasteiger partial charge < -0.3 is 14.8 Å². The summed E-state index contributed by atoms with van der Waals surface area (Å²) in [6, 6.07) is 14.1. The van der Waals surface area contributed by atoms with Crippen LogP contribution in [0.3, 0.4) is 0 Å². The van der Waals surface area contributed by atoms with Crippen LogP contribution in [0.5, 0.6) is 11.5 Å². The van der Waals surface area contributed by atoms with Gasteiger partial charge in [-0.15, -0.1) is 0 Å². The second kappa shape index (κ2) is 7.48. The Morgan fingerprint density at radius 3 is 2.52 bits per heavy atom. The van der Waals surface area contributed by atoms with Gasteiger partial charge in [-0.3, -0.25) is 9.59 Å². The fraction of sp³-hybridized carbons (Fsp3) is 0.167. The van der Waals surface area contributed by atoms with Crippen molar-refractivity contribution in [2.75, 3.05) is 20.3 Å². The zero-order valence-electron chi connectivity index (χ0n) is 13.6. The van der Waals surface area contributed by atoms with Crippen LogP contribution in [-0.2, 0) is 0 Å². The minimum absolute atomic E-state index is 0.174. The van der Waals surface area contributed by atoms with Crippen molar-refractivity contribution in [1.82, 2.24) is 15.5 Å². The summed E-state index contributed by atoms with van der Waals surface area (Å²) >= 11 is 0. The van der Waals surface area contributed by atoms with Gasteiger partial charge in [-0.2, -0.15) is 5.10 Å². The smallest absolute Gasteiger partial charge is 0.272 e. The molecule has 25 heavy (non-hydrogen) atoms. The van der Waals surface area contributed by atoms with Gasteiger partial charge in [0.1, 0.15) is 6.61 Å². The molecule has 7 nitrogen and oxygen atoms in total. The third kappa shape index (κ3) is 3.60. The number of carbonyl (C=O) groups is 1. The van der Waals surface area contributed by atoms with E-state index >= 15 is 0 Å². The van der Waals surface area contributed by atoms with Crippen molar-refractivity contribution in [1.29, 1.82) is 0 Å². The Kier molecular flexibility index (Phi) is 4.94. The minimum Gasteiger partial charge on any atom is -0.493 e. The van der Waals surface area contributed by atoms with E-state index < -0.39 is 0 Å². The topological polar surface area (TPSA) is 93.3 Å². The maximum Gasteiger partial charge on any atom is 0.272 e. The molecule has 0 aliphatic carbocycles. The molecule has 3 aromatic rings. The maximum atomic E-state index is 12.3. The van der Waals surface area contributed by atoms with E-state index in [1.54, 1.807) is 43.5 Å². The molecule has 0 atom stereocenters. The highest BCUT2D eigenvalue weighted by atomic mass is 16.5. The lowest BCUT2D eigenvalue weighted by Crippen LogP contribution is -2.30. The largest absolute Gasteiger partial charge is 0.493 e. The molecule has 0 aliphatic heterocycles. The number of rotatable bonds is 6. The summed E-state index contributed by atoms with van der Waals surface area (Å²) in [4.78, 5) is 24.1. The lowest BCUT2D eigenvalue weighted by molar-refractivity contribution is 0.0942. The number of benzene rings is 2. The van der Waals surface area contributed by atoms with Gasteiger partial charge in [0.15, 0.2) is 17.2 Å². The van der Waals surface area contributed by atoms with Crippen LogP contribution in [0, 0.1) is 0 Å². The van der Waals surface area contributed by atoms with Crippen molar-refractivity contribution >= 4 is 16.7 Å². The van der Waals surface area contributed by atoms with E-state index in [9.17, 15) is 9.59 Å². The normalized spacial score (nSPS) is 10.4. The summed E-state index contributed by atoms with van der Waals surface area (Å²) in [6.07, 6.45) is 0. The number of amides is 1. The van der Waals surface area contributed by atoms with Gasteiger partial charge in [0, 0.05) is 5.39 Å². The average Bonchev–Trinajstić information content (AvgIpc) is 2.66. The highest BCUT2D eigenvalue weighted by Gasteiger charge is 2.13.